The fourth-order valence-electron chi connectivity index (χ4n) is 3.37. The zero-order valence-electron chi connectivity index (χ0n) is 16.8. The van der Waals surface area contributed by atoms with E-state index in [4.69, 9.17) is 0 Å². The highest BCUT2D eigenvalue weighted by Gasteiger charge is 2.26. The zero-order chi connectivity index (χ0) is 21.7. The molecule has 9 heteroatoms. The predicted molar refractivity (Wildman–Crippen MR) is 112 cm³/mol. The van der Waals surface area contributed by atoms with Gasteiger partial charge in [-0.05, 0) is 49.2 Å². The zero-order valence-corrected chi connectivity index (χ0v) is 17.6. The van der Waals surface area contributed by atoms with Gasteiger partial charge in [0.25, 0.3) is 5.91 Å². The standard InChI is InChI=1S/C21H25F2N3O3S/c1-16-4-2-5-18(14-16)25-9-11-26(12-10-25)30(28,29)13-3-8-24-21(27)17-6-7-19(22)20(23)15-17/h2,4-7,14-15H,3,8-13H2,1H3,(H,24,27). The van der Waals surface area contributed by atoms with Crippen molar-refractivity contribution in [1.82, 2.24) is 9.62 Å². The van der Waals surface area contributed by atoms with E-state index in [2.05, 4.69) is 16.3 Å². The highest BCUT2D eigenvalue weighted by molar-refractivity contribution is 7.89. The van der Waals surface area contributed by atoms with Gasteiger partial charge >= 0.3 is 0 Å². The molecular weight excluding hydrogens is 412 g/mol. The first-order valence-electron chi connectivity index (χ1n) is 9.79. The molecule has 1 fully saturated rings. The van der Waals surface area contributed by atoms with Gasteiger partial charge in [0, 0.05) is 44.0 Å². The monoisotopic (exact) mass is 437 g/mol. The van der Waals surface area contributed by atoms with Crippen LogP contribution in [0.2, 0.25) is 0 Å². The Balaban J connectivity index is 1.44. The Hall–Kier alpha value is -2.52. The first-order valence-corrected chi connectivity index (χ1v) is 11.4. The van der Waals surface area contributed by atoms with Gasteiger partial charge in [-0.2, -0.15) is 4.31 Å². The quantitative estimate of drug-likeness (QED) is 0.676. The van der Waals surface area contributed by atoms with E-state index in [0.717, 1.165) is 23.4 Å². The van der Waals surface area contributed by atoms with Crippen LogP contribution in [0.3, 0.4) is 0 Å². The minimum atomic E-state index is -3.43. The van der Waals surface area contributed by atoms with E-state index in [1.165, 1.54) is 10.4 Å². The lowest BCUT2D eigenvalue weighted by Gasteiger charge is -2.35. The second-order valence-corrected chi connectivity index (χ2v) is 9.37. The summed E-state index contributed by atoms with van der Waals surface area (Å²) in [5, 5.41) is 2.54. The predicted octanol–water partition coefficient (Wildman–Crippen LogP) is 2.55. The molecule has 1 amide bonds. The van der Waals surface area contributed by atoms with Gasteiger partial charge in [0.05, 0.1) is 5.75 Å². The van der Waals surface area contributed by atoms with Crippen LogP contribution in [0.4, 0.5) is 14.5 Å². The maximum absolute atomic E-state index is 13.2. The molecule has 1 saturated heterocycles. The lowest BCUT2D eigenvalue weighted by molar-refractivity contribution is 0.0953. The number of hydrogen-bond acceptors (Lipinski definition) is 4. The topological polar surface area (TPSA) is 69.7 Å². The number of rotatable bonds is 7. The summed E-state index contributed by atoms with van der Waals surface area (Å²) >= 11 is 0. The first-order chi connectivity index (χ1) is 14.3. The fraction of sp³-hybridized carbons (Fsp3) is 0.381. The molecule has 1 N–H and O–H groups in total. The van der Waals surface area contributed by atoms with E-state index in [1.54, 1.807) is 0 Å². The number of amides is 1. The number of sulfonamides is 1. The molecule has 1 aliphatic heterocycles. The highest BCUT2D eigenvalue weighted by atomic mass is 32.2. The third-order valence-corrected chi connectivity index (χ3v) is 7.00. The van der Waals surface area contributed by atoms with Crippen molar-refractivity contribution >= 4 is 21.6 Å². The Morgan fingerprint density at radius 1 is 1.03 bits per heavy atom. The second-order valence-electron chi connectivity index (χ2n) is 7.28. The number of benzene rings is 2. The van der Waals surface area contributed by atoms with Gasteiger partial charge in [-0.3, -0.25) is 4.79 Å². The van der Waals surface area contributed by atoms with Crippen LogP contribution in [0.5, 0.6) is 0 Å². The van der Waals surface area contributed by atoms with Gasteiger partial charge in [0.15, 0.2) is 11.6 Å². The minimum Gasteiger partial charge on any atom is -0.369 e. The molecule has 2 aromatic carbocycles. The summed E-state index contributed by atoms with van der Waals surface area (Å²) in [5.74, 6) is -2.79. The first kappa shape index (κ1) is 22.2. The third-order valence-electron chi connectivity index (χ3n) is 5.05. The molecule has 6 nitrogen and oxygen atoms in total. The number of nitrogens with one attached hydrogen (secondary N) is 1. The lowest BCUT2D eigenvalue weighted by atomic mass is 10.2. The number of hydrogen-bond donors (Lipinski definition) is 1. The average Bonchev–Trinajstić information content (AvgIpc) is 2.73. The van der Waals surface area contributed by atoms with Crippen molar-refractivity contribution < 1.29 is 22.0 Å². The van der Waals surface area contributed by atoms with Crippen LogP contribution in [-0.2, 0) is 10.0 Å². The number of halogens is 2. The van der Waals surface area contributed by atoms with Crippen molar-refractivity contribution in [2.24, 2.45) is 0 Å². The Morgan fingerprint density at radius 3 is 2.43 bits per heavy atom. The summed E-state index contributed by atoms with van der Waals surface area (Å²) in [7, 11) is -3.43. The second kappa shape index (κ2) is 9.53. The molecule has 0 aliphatic carbocycles. The van der Waals surface area contributed by atoms with E-state index in [0.29, 0.717) is 26.2 Å². The number of carbonyl (C=O) groups excluding carboxylic acids is 1. The smallest absolute Gasteiger partial charge is 0.251 e. The van der Waals surface area contributed by atoms with Crippen molar-refractivity contribution in [1.29, 1.82) is 0 Å². The Labute approximate surface area is 175 Å². The summed E-state index contributed by atoms with van der Waals surface area (Å²) in [6, 6.07) is 11.0. The molecule has 30 heavy (non-hydrogen) atoms. The molecule has 0 bridgehead atoms. The van der Waals surface area contributed by atoms with Gasteiger partial charge in [0.1, 0.15) is 0 Å². The number of aryl methyl sites for hydroxylation is 1. The maximum Gasteiger partial charge on any atom is 0.251 e. The Morgan fingerprint density at radius 2 is 1.77 bits per heavy atom. The number of anilines is 1. The van der Waals surface area contributed by atoms with E-state index < -0.39 is 27.6 Å². The van der Waals surface area contributed by atoms with Crippen LogP contribution >= 0.6 is 0 Å². The Kier molecular flexibility index (Phi) is 7.04. The van der Waals surface area contributed by atoms with Crippen molar-refractivity contribution in [2.45, 2.75) is 13.3 Å². The molecule has 0 aromatic heterocycles. The van der Waals surface area contributed by atoms with E-state index in [-0.39, 0.29) is 24.3 Å². The van der Waals surface area contributed by atoms with Crippen molar-refractivity contribution in [3.05, 3.63) is 65.2 Å². The van der Waals surface area contributed by atoms with Crippen molar-refractivity contribution in [3.8, 4) is 0 Å². The van der Waals surface area contributed by atoms with Gasteiger partial charge in [-0.25, -0.2) is 17.2 Å². The molecule has 3 rings (SSSR count). The summed E-state index contributed by atoms with van der Waals surface area (Å²) < 4.78 is 52.8. The van der Waals surface area contributed by atoms with Gasteiger partial charge in [-0.1, -0.05) is 12.1 Å². The molecule has 0 atom stereocenters. The average molecular weight is 438 g/mol. The third kappa shape index (κ3) is 5.54. The fourth-order valence-corrected chi connectivity index (χ4v) is 4.86. The molecular formula is C21H25F2N3O3S. The molecule has 2 aromatic rings. The SMILES string of the molecule is Cc1cccc(N2CCN(S(=O)(=O)CCCNC(=O)c3ccc(F)c(F)c3)CC2)c1. The van der Waals surface area contributed by atoms with E-state index in [1.807, 2.05) is 25.1 Å². The summed E-state index contributed by atoms with van der Waals surface area (Å²) in [4.78, 5) is 14.1. The van der Waals surface area contributed by atoms with Crippen molar-refractivity contribution in [3.63, 3.8) is 0 Å². The molecule has 0 spiro atoms. The largest absolute Gasteiger partial charge is 0.369 e. The normalized spacial score (nSPS) is 15.2. The summed E-state index contributed by atoms with van der Waals surface area (Å²) in [6.07, 6.45) is 0.232. The van der Waals surface area contributed by atoms with Crippen LogP contribution in [0.1, 0.15) is 22.3 Å². The highest BCUT2D eigenvalue weighted by Crippen LogP contribution is 2.19. The van der Waals surface area contributed by atoms with Gasteiger partial charge in [-0.15, -0.1) is 0 Å². The molecule has 0 saturated carbocycles. The molecule has 162 valence electrons. The molecule has 1 heterocycles. The van der Waals surface area contributed by atoms with Crippen LogP contribution in [0.25, 0.3) is 0 Å². The van der Waals surface area contributed by atoms with Crippen LogP contribution in [0.15, 0.2) is 42.5 Å². The van der Waals surface area contributed by atoms with Gasteiger partial charge in [0.2, 0.25) is 10.0 Å². The molecule has 0 unspecified atom stereocenters. The number of piperazine rings is 1. The van der Waals surface area contributed by atoms with Crippen LogP contribution < -0.4 is 10.2 Å². The van der Waals surface area contributed by atoms with E-state index in [9.17, 15) is 22.0 Å². The van der Waals surface area contributed by atoms with Gasteiger partial charge < -0.3 is 10.2 Å². The molecule has 0 radical (unpaired) electrons. The van der Waals surface area contributed by atoms with Crippen LogP contribution in [0, 0.1) is 18.6 Å². The molecule has 1 aliphatic rings. The number of carbonyl (C=O) groups is 1. The lowest BCUT2D eigenvalue weighted by Crippen LogP contribution is -2.49. The van der Waals surface area contributed by atoms with Crippen LogP contribution in [-0.4, -0.2) is 57.1 Å². The summed E-state index contributed by atoms with van der Waals surface area (Å²) in [6.45, 7) is 4.22. The Bertz CT molecular complexity index is 1010. The van der Waals surface area contributed by atoms with E-state index >= 15 is 0 Å². The summed E-state index contributed by atoms with van der Waals surface area (Å²) in [5.41, 5.74) is 2.24. The maximum atomic E-state index is 13.2. The number of nitrogens with zero attached hydrogens (tertiary/aromatic N) is 2. The minimum absolute atomic E-state index is 0.0102. The van der Waals surface area contributed by atoms with Crippen molar-refractivity contribution in [2.75, 3.05) is 43.4 Å².